The molecule has 41 heavy (non-hydrogen) atoms. The van der Waals surface area contributed by atoms with E-state index in [-0.39, 0.29) is 37.8 Å². The van der Waals surface area contributed by atoms with E-state index in [1.807, 2.05) is 54.6 Å². The quantitative estimate of drug-likeness (QED) is 0.245. The molecule has 1 amide bonds. The molecule has 5 aromatic rings. The van der Waals surface area contributed by atoms with Crippen LogP contribution in [0.4, 0.5) is 0 Å². The molecule has 1 fully saturated rings. The van der Waals surface area contributed by atoms with Crippen molar-refractivity contribution in [1.82, 2.24) is 24.8 Å². The lowest BCUT2D eigenvalue weighted by Crippen LogP contribution is -2.46. The summed E-state index contributed by atoms with van der Waals surface area (Å²) in [6.45, 7) is 0.555. The van der Waals surface area contributed by atoms with Gasteiger partial charge < -0.3 is 20.1 Å². The maximum atomic E-state index is 13.7. The van der Waals surface area contributed by atoms with E-state index >= 15 is 0 Å². The Balaban J connectivity index is 1.25. The van der Waals surface area contributed by atoms with E-state index in [4.69, 9.17) is 4.74 Å². The zero-order valence-electron chi connectivity index (χ0n) is 22.5. The Bertz CT molecular complexity index is 1710. The first kappa shape index (κ1) is 26.6. The third-order valence-electron chi connectivity index (χ3n) is 7.48. The summed E-state index contributed by atoms with van der Waals surface area (Å²) >= 11 is 0. The molecule has 1 aliphatic rings. The lowest BCUT2D eigenvalue weighted by atomic mass is 9.90. The predicted octanol–water partition coefficient (Wildman–Crippen LogP) is 3.50. The van der Waals surface area contributed by atoms with Crippen molar-refractivity contribution < 1.29 is 14.6 Å². The molecule has 9 heteroatoms. The summed E-state index contributed by atoms with van der Waals surface area (Å²) in [6.07, 6.45) is 7.21. The number of hydrogen-bond donors (Lipinski definition) is 3. The fourth-order valence-corrected chi connectivity index (χ4v) is 5.14. The summed E-state index contributed by atoms with van der Waals surface area (Å²) in [4.78, 5) is 38.8. The van der Waals surface area contributed by atoms with Crippen molar-refractivity contribution in [2.24, 2.45) is 0 Å². The number of nitrogens with one attached hydrogen (secondary N) is 2. The zero-order chi connectivity index (χ0) is 28.2. The highest BCUT2D eigenvalue weighted by atomic mass is 16.5. The molecule has 3 aromatic heterocycles. The second-order valence-corrected chi connectivity index (χ2v) is 10.5. The Hall–Kier alpha value is -4.60. The van der Waals surface area contributed by atoms with Gasteiger partial charge in [0.1, 0.15) is 17.8 Å². The smallest absolute Gasteiger partial charge is 0.273 e. The number of carbonyl (C=O) groups excluding carboxylic acids is 1. The molecular weight excluding hydrogens is 518 g/mol. The van der Waals surface area contributed by atoms with E-state index in [1.165, 1.54) is 10.1 Å². The number of fused-ring (bicyclic) bond motifs is 1. The van der Waals surface area contributed by atoms with Crippen molar-refractivity contribution in [2.45, 2.75) is 38.0 Å². The van der Waals surface area contributed by atoms with Crippen LogP contribution in [0.1, 0.15) is 28.9 Å². The van der Waals surface area contributed by atoms with Crippen molar-refractivity contribution in [3.8, 4) is 11.3 Å². The summed E-state index contributed by atoms with van der Waals surface area (Å²) in [7, 11) is 0. The van der Waals surface area contributed by atoms with Crippen LogP contribution in [0.5, 0.6) is 0 Å². The van der Waals surface area contributed by atoms with Gasteiger partial charge in [0.15, 0.2) is 0 Å². The van der Waals surface area contributed by atoms with Crippen molar-refractivity contribution >= 4 is 16.8 Å². The monoisotopic (exact) mass is 549 g/mol. The van der Waals surface area contributed by atoms with Gasteiger partial charge in [-0.25, -0.2) is 0 Å². The Morgan fingerprint density at radius 3 is 2.68 bits per heavy atom. The maximum Gasteiger partial charge on any atom is 0.273 e. The van der Waals surface area contributed by atoms with Crippen LogP contribution in [0.15, 0.2) is 90.1 Å². The number of nitrogens with zero attached hydrogens (tertiary/aromatic N) is 3. The lowest BCUT2D eigenvalue weighted by molar-refractivity contribution is -0.184. The largest absolute Gasteiger partial charge is 0.380 e. The predicted molar refractivity (Wildman–Crippen MR) is 155 cm³/mol. The third-order valence-corrected chi connectivity index (χ3v) is 7.48. The van der Waals surface area contributed by atoms with Gasteiger partial charge in [0, 0.05) is 34.6 Å². The first-order chi connectivity index (χ1) is 20.0. The molecule has 0 radical (unpaired) electrons. The summed E-state index contributed by atoms with van der Waals surface area (Å²) in [5.41, 5.74) is 3.96. The highest BCUT2D eigenvalue weighted by Gasteiger charge is 2.38. The van der Waals surface area contributed by atoms with Crippen molar-refractivity contribution in [3.63, 3.8) is 0 Å². The molecule has 0 spiro atoms. The number of rotatable bonds is 10. The number of pyridine rings is 1. The van der Waals surface area contributed by atoms with Crippen LogP contribution in [0.3, 0.4) is 0 Å². The minimum atomic E-state index is -1.06. The molecule has 0 atom stereocenters. The first-order valence-electron chi connectivity index (χ1n) is 13.7. The number of hydrogen-bond acceptors (Lipinski definition) is 6. The number of benzene rings is 2. The van der Waals surface area contributed by atoms with E-state index in [0.717, 1.165) is 29.4 Å². The van der Waals surface area contributed by atoms with Crippen LogP contribution in [0.2, 0.25) is 0 Å². The SMILES string of the molecule is O=C(Cn1c(-c2cccc(C3(O)COC3)c2)cnc(CCCc2ccccc2)c1=O)NCc1cc2cnccc2[nH]1. The molecular formula is C32H31N5O4. The van der Waals surface area contributed by atoms with Gasteiger partial charge in [0.25, 0.3) is 5.56 Å². The number of H-pyrrole nitrogens is 1. The molecule has 208 valence electrons. The molecule has 1 aliphatic heterocycles. The number of aromatic nitrogens is 4. The highest BCUT2D eigenvalue weighted by Crippen LogP contribution is 2.31. The minimum Gasteiger partial charge on any atom is -0.380 e. The maximum absolute atomic E-state index is 13.7. The highest BCUT2D eigenvalue weighted by molar-refractivity contribution is 5.80. The van der Waals surface area contributed by atoms with E-state index in [9.17, 15) is 14.7 Å². The van der Waals surface area contributed by atoms with Crippen LogP contribution < -0.4 is 10.9 Å². The molecule has 0 aliphatic carbocycles. The minimum absolute atomic E-state index is 0.165. The average Bonchev–Trinajstić information content (AvgIpc) is 3.40. The van der Waals surface area contributed by atoms with Gasteiger partial charge in [-0.05, 0) is 48.6 Å². The Kier molecular flexibility index (Phi) is 7.45. The number of amides is 1. The van der Waals surface area contributed by atoms with Crippen LogP contribution in [-0.4, -0.2) is 43.7 Å². The number of aryl methyl sites for hydroxylation is 2. The molecule has 0 bridgehead atoms. The molecule has 1 saturated heterocycles. The summed E-state index contributed by atoms with van der Waals surface area (Å²) in [5, 5.41) is 14.7. The van der Waals surface area contributed by atoms with E-state index in [2.05, 4.69) is 32.4 Å². The Morgan fingerprint density at radius 1 is 1.05 bits per heavy atom. The van der Waals surface area contributed by atoms with Crippen LogP contribution in [0.25, 0.3) is 22.2 Å². The number of aromatic amines is 1. The van der Waals surface area contributed by atoms with Gasteiger partial charge in [0.05, 0.1) is 31.6 Å². The molecule has 9 nitrogen and oxygen atoms in total. The average molecular weight is 550 g/mol. The Morgan fingerprint density at radius 2 is 1.90 bits per heavy atom. The van der Waals surface area contributed by atoms with Crippen molar-refractivity contribution in [3.05, 3.63) is 118 Å². The van der Waals surface area contributed by atoms with Gasteiger partial charge >= 0.3 is 0 Å². The first-order valence-corrected chi connectivity index (χ1v) is 13.7. The fraction of sp³-hybridized carbons (Fsp3) is 0.250. The normalized spacial score (nSPS) is 14.1. The van der Waals surface area contributed by atoms with E-state index < -0.39 is 5.60 Å². The van der Waals surface area contributed by atoms with Gasteiger partial charge in [-0.15, -0.1) is 0 Å². The molecule has 4 heterocycles. The molecule has 3 N–H and O–H groups in total. The van der Waals surface area contributed by atoms with Gasteiger partial charge in [-0.3, -0.25) is 24.1 Å². The second-order valence-electron chi connectivity index (χ2n) is 10.5. The molecule has 6 rings (SSSR count). The number of ether oxygens (including phenoxy) is 1. The van der Waals surface area contributed by atoms with E-state index in [1.54, 1.807) is 18.6 Å². The number of carbonyl (C=O) groups is 1. The number of aliphatic hydroxyl groups is 1. The van der Waals surface area contributed by atoms with E-state index in [0.29, 0.717) is 28.9 Å². The van der Waals surface area contributed by atoms with Crippen LogP contribution in [-0.2, 0) is 41.1 Å². The summed E-state index contributed by atoms with van der Waals surface area (Å²) in [6, 6.07) is 21.3. The van der Waals surface area contributed by atoms with Crippen LogP contribution in [0, 0.1) is 0 Å². The third kappa shape index (κ3) is 5.82. The standard InChI is InChI=1S/C32H31N5O4/c38-30(35-17-26-15-24-16-33-13-12-27(24)36-26)19-37-29(23-9-5-10-25(14-23)32(40)20-41-21-32)18-34-28(31(37)39)11-4-8-22-6-2-1-3-7-22/h1-3,5-7,9-10,12-16,18,36,40H,4,8,11,17,19-21H2,(H,35,38). The fourth-order valence-electron chi connectivity index (χ4n) is 5.14. The van der Waals surface area contributed by atoms with Crippen LogP contribution >= 0.6 is 0 Å². The summed E-state index contributed by atoms with van der Waals surface area (Å²) in [5.74, 6) is -0.297. The summed E-state index contributed by atoms with van der Waals surface area (Å²) < 4.78 is 6.71. The van der Waals surface area contributed by atoms with Gasteiger partial charge in [-0.1, -0.05) is 48.5 Å². The topological polar surface area (TPSA) is 122 Å². The molecule has 0 saturated carbocycles. The van der Waals surface area contributed by atoms with Crippen molar-refractivity contribution in [1.29, 1.82) is 0 Å². The Labute approximate surface area is 236 Å². The van der Waals surface area contributed by atoms with Gasteiger partial charge in [0.2, 0.25) is 5.91 Å². The zero-order valence-corrected chi connectivity index (χ0v) is 22.5. The lowest BCUT2D eigenvalue weighted by Gasteiger charge is -2.37. The second kappa shape index (κ2) is 11.5. The molecule has 2 aromatic carbocycles. The molecule has 0 unspecified atom stereocenters. The van der Waals surface area contributed by atoms with Gasteiger partial charge in [-0.2, -0.15) is 0 Å². The van der Waals surface area contributed by atoms with Crippen molar-refractivity contribution in [2.75, 3.05) is 13.2 Å².